The van der Waals surface area contributed by atoms with Crippen LogP contribution in [-0.2, 0) is 4.79 Å². The second kappa shape index (κ2) is 7.38. The molecule has 6 nitrogen and oxygen atoms in total. The summed E-state index contributed by atoms with van der Waals surface area (Å²) in [4.78, 5) is 37.1. The van der Waals surface area contributed by atoms with Crippen molar-refractivity contribution in [3.05, 3.63) is 35.4 Å². The lowest BCUT2D eigenvalue weighted by Gasteiger charge is -2.17. The van der Waals surface area contributed by atoms with Gasteiger partial charge in [0.05, 0.1) is 11.1 Å². The Bertz CT molecular complexity index is 554. The first-order valence-corrected chi connectivity index (χ1v) is 6.92. The first-order valence-electron chi connectivity index (χ1n) is 6.92. The van der Waals surface area contributed by atoms with Crippen LogP contribution in [0.25, 0.3) is 0 Å². The Morgan fingerprint density at radius 1 is 1.18 bits per heavy atom. The van der Waals surface area contributed by atoms with Crippen molar-refractivity contribution < 1.29 is 14.4 Å². The molecule has 1 aromatic carbocycles. The van der Waals surface area contributed by atoms with E-state index in [2.05, 4.69) is 5.32 Å². The lowest BCUT2D eigenvalue weighted by molar-refractivity contribution is -0.124. The Morgan fingerprint density at radius 2 is 1.68 bits per heavy atom. The van der Waals surface area contributed by atoms with E-state index in [1.807, 2.05) is 0 Å². The summed E-state index contributed by atoms with van der Waals surface area (Å²) in [6, 6.07) is 6.46. The molecule has 22 heavy (non-hydrogen) atoms. The Labute approximate surface area is 135 Å². The van der Waals surface area contributed by atoms with Gasteiger partial charge in [0.25, 0.3) is 11.8 Å². The highest BCUT2D eigenvalue weighted by molar-refractivity contribution is 6.21. The van der Waals surface area contributed by atoms with Crippen LogP contribution in [0, 0.1) is 5.92 Å². The van der Waals surface area contributed by atoms with Crippen LogP contribution in [0.4, 0.5) is 0 Å². The number of hydrogen-bond acceptors (Lipinski definition) is 4. The predicted molar refractivity (Wildman–Crippen MR) is 84.9 cm³/mol. The fourth-order valence-corrected chi connectivity index (χ4v) is 2.13. The van der Waals surface area contributed by atoms with Gasteiger partial charge in [-0.05, 0) is 19.1 Å². The number of amides is 3. The Kier molecular flexibility index (Phi) is 6.08. The molecule has 0 fully saturated rings. The van der Waals surface area contributed by atoms with Crippen LogP contribution in [0.1, 0.15) is 34.6 Å². The van der Waals surface area contributed by atoms with Gasteiger partial charge in [-0.15, -0.1) is 12.4 Å². The molecule has 0 saturated carbocycles. The lowest BCUT2D eigenvalue weighted by Crippen LogP contribution is -2.42. The van der Waals surface area contributed by atoms with Gasteiger partial charge >= 0.3 is 0 Å². The zero-order chi connectivity index (χ0) is 15.6. The zero-order valence-corrected chi connectivity index (χ0v) is 13.4. The summed E-state index contributed by atoms with van der Waals surface area (Å²) in [6.45, 7) is 3.88. The molecule has 1 heterocycles. The number of benzene rings is 1. The summed E-state index contributed by atoms with van der Waals surface area (Å²) in [5.41, 5.74) is 6.48. The van der Waals surface area contributed by atoms with Gasteiger partial charge in [0.15, 0.2) is 0 Å². The highest BCUT2D eigenvalue weighted by Gasteiger charge is 2.34. The molecule has 2 rings (SSSR count). The number of nitrogens with zero attached hydrogens (tertiary/aromatic N) is 1. The molecule has 3 amide bonds. The van der Waals surface area contributed by atoms with Crippen molar-refractivity contribution in [1.82, 2.24) is 10.2 Å². The Hall–Kier alpha value is -1.92. The molecule has 2 atom stereocenters. The second-order valence-electron chi connectivity index (χ2n) is 5.25. The van der Waals surface area contributed by atoms with Crippen LogP contribution < -0.4 is 11.1 Å². The zero-order valence-electron chi connectivity index (χ0n) is 12.5. The summed E-state index contributed by atoms with van der Waals surface area (Å²) in [7, 11) is 0. The van der Waals surface area contributed by atoms with E-state index >= 15 is 0 Å². The molecule has 1 aliphatic heterocycles. The fourth-order valence-electron chi connectivity index (χ4n) is 2.13. The standard InChI is InChI=1S/C15H19N3O3.ClH/c1-9(10(2)16)13(19)17-7-8-18-14(20)11-5-3-4-6-12(11)15(18)21;/h3-6,9-10H,7-8,16H2,1-2H3,(H,17,19);1H. The van der Waals surface area contributed by atoms with E-state index in [9.17, 15) is 14.4 Å². The fraction of sp³-hybridized carbons (Fsp3) is 0.400. The van der Waals surface area contributed by atoms with E-state index in [0.717, 1.165) is 4.90 Å². The van der Waals surface area contributed by atoms with Gasteiger partial charge in [0.1, 0.15) is 0 Å². The largest absolute Gasteiger partial charge is 0.354 e. The molecule has 0 aliphatic carbocycles. The maximum absolute atomic E-state index is 12.1. The van der Waals surface area contributed by atoms with Crippen LogP contribution in [0.2, 0.25) is 0 Å². The number of rotatable bonds is 5. The van der Waals surface area contributed by atoms with Crippen LogP contribution in [0.3, 0.4) is 0 Å². The topological polar surface area (TPSA) is 92.5 Å². The lowest BCUT2D eigenvalue weighted by atomic mass is 10.0. The summed E-state index contributed by atoms with van der Waals surface area (Å²) in [6.07, 6.45) is 0. The molecule has 7 heteroatoms. The van der Waals surface area contributed by atoms with E-state index in [1.54, 1.807) is 38.1 Å². The second-order valence-corrected chi connectivity index (χ2v) is 5.25. The molecule has 1 aromatic rings. The van der Waals surface area contributed by atoms with Crippen molar-refractivity contribution in [2.45, 2.75) is 19.9 Å². The number of carbonyl (C=O) groups is 3. The van der Waals surface area contributed by atoms with Gasteiger partial charge in [-0.25, -0.2) is 0 Å². The molecule has 3 N–H and O–H groups in total. The van der Waals surface area contributed by atoms with Gasteiger partial charge in [0, 0.05) is 25.0 Å². The maximum Gasteiger partial charge on any atom is 0.261 e. The average Bonchev–Trinajstić information content (AvgIpc) is 2.71. The number of carbonyl (C=O) groups excluding carboxylic acids is 3. The molecule has 0 bridgehead atoms. The minimum absolute atomic E-state index is 0. The molecule has 2 unspecified atom stereocenters. The van der Waals surface area contributed by atoms with E-state index in [-0.39, 0.29) is 55.2 Å². The highest BCUT2D eigenvalue weighted by atomic mass is 35.5. The molecule has 120 valence electrons. The molecule has 1 aliphatic rings. The predicted octanol–water partition coefficient (Wildman–Crippen LogP) is 0.804. The van der Waals surface area contributed by atoms with Gasteiger partial charge in [-0.3, -0.25) is 19.3 Å². The smallest absolute Gasteiger partial charge is 0.261 e. The van der Waals surface area contributed by atoms with Crippen LogP contribution in [0.15, 0.2) is 24.3 Å². The minimum Gasteiger partial charge on any atom is -0.354 e. The molecular weight excluding hydrogens is 306 g/mol. The number of fused-ring (bicyclic) bond motifs is 1. The SMILES string of the molecule is CC(N)C(C)C(=O)NCCN1C(=O)c2ccccc2C1=O.Cl. The van der Waals surface area contributed by atoms with Gasteiger partial charge in [0.2, 0.25) is 5.91 Å². The third-order valence-electron chi connectivity index (χ3n) is 3.72. The number of nitrogens with one attached hydrogen (secondary N) is 1. The quantitative estimate of drug-likeness (QED) is 0.783. The average molecular weight is 326 g/mol. The van der Waals surface area contributed by atoms with Crippen molar-refractivity contribution in [2.24, 2.45) is 11.7 Å². The first-order chi connectivity index (χ1) is 9.93. The van der Waals surface area contributed by atoms with Crippen LogP contribution >= 0.6 is 12.4 Å². The van der Waals surface area contributed by atoms with Crippen molar-refractivity contribution in [2.75, 3.05) is 13.1 Å². The Morgan fingerprint density at radius 3 is 2.14 bits per heavy atom. The van der Waals surface area contributed by atoms with Crippen molar-refractivity contribution in [3.63, 3.8) is 0 Å². The Balaban J connectivity index is 0.00000242. The number of halogens is 1. The van der Waals surface area contributed by atoms with Crippen LogP contribution in [-0.4, -0.2) is 41.8 Å². The summed E-state index contributed by atoms with van der Waals surface area (Å²) in [5.74, 6) is -1.12. The van der Waals surface area contributed by atoms with Crippen molar-refractivity contribution in [3.8, 4) is 0 Å². The molecular formula is C15H20ClN3O3. The summed E-state index contributed by atoms with van der Waals surface area (Å²) < 4.78 is 0. The van der Waals surface area contributed by atoms with E-state index < -0.39 is 0 Å². The van der Waals surface area contributed by atoms with Crippen molar-refractivity contribution >= 4 is 30.1 Å². The molecule has 0 saturated heterocycles. The van der Waals surface area contributed by atoms with Gasteiger partial charge in [-0.1, -0.05) is 19.1 Å². The molecule has 0 spiro atoms. The normalized spacial score (nSPS) is 15.9. The summed E-state index contributed by atoms with van der Waals surface area (Å²) >= 11 is 0. The number of imide groups is 1. The monoisotopic (exact) mass is 325 g/mol. The summed E-state index contributed by atoms with van der Waals surface area (Å²) in [5, 5.41) is 2.69. The molecule has 0 radical (unpaired) electrons. The third-order valence-corrected chi connectivity index (χ3v) is 3.72. The minimum atomic E-state index is -0.315. The van der Waals surface area contributed by atoms with Gasteiger partial charge in [-0.2, -0.15) is 0 Å². The van der Waals surface area contributed by atoms with E-state index in [1.165, 1.54) is 0 Å². The van der Waals surface area contributed by atoms with Crippen LogP contribution in [0.5, 0.6) is 0 Å². The van der Waals surface area contributed by atoms with Gasteiger partial charge < -0.3 is 11.1 Å². The third kappa shape index (κ3) is 3.45. The number of nitrogens with two attached hydrogens (primary N) is 1. The van der Waals surface area contributed by atoms with Crippen molar-refractivity contribution in [1.29, 1.82) is 0 Å². The first kappa shape index (κ1) is 18.1. The van der Waals surface area contributed by atoms with E-state index in [4.69, 9.17) is 5.73 Å². The van der Waals surface area contributed by atoms with E-state index in [0.29, 0.717) is 11.1 Å². The highest BCUT2D eigenvalue weighted by Crippen LogP contribution is 2.21. The number of hydrogen-bond donors (Lipinski definition) is 2. The maximum atomic E-state index is 12.1. The molecule has 0 aromatic heterocycles.